The fraction of sp³-hybridized carbons (Fsp3) is 0.250. The highest BCUT2D eigenvalue weighted by Gasteiger charge is 2.47. The molecule has 0 fully saturated rings. The monoisotopic (exact) mass is 1210 g/mol. The Hall–Kier alpha value is -6.65. The second-order valence-electron chi connectivity index (χ2n) is 19.4. The van der Waals surface area contributed by atoms with Crippen LogP contribution in [0.3, 0.4) is 0 Å². The molecule has 0 radical (unpaired) electrons. The quantitative estimate of drug-likeness (QED) is 0.0848. The molecule has 0 bridgehead atoms. The molecule has 7 rings (SSSR count). The zero-order valence-electron chi connectivity index (χ0n) is 42.8. The third-order valence-corrected chi connectivity index (χ3v) is 17.5. The fourth-order valence-electron chi connectivity index (χ4n) is 10.1. The van der Waals surface area contributed by atoms with E-state index in [0.29, 0.717) is 0 Å². The molecule has 0 saturated carbocycles. The van der Waals surface area contributed by atoms with E-state index in [4.69, 9.17) is 0 Å². The number of aryl methyl sites for hydroxylation is 6. The Labute approximate surface area is 452 Å². The van der Waals surface area contributed by atoms with E-state index in [-0.39, 0.29) is 0 Å². The summed E-state index contributed by atoms with van der Waals surface area (Å²) in [5.74, 6) is 0. The number of benzene rings is 7. The van der Waals surface area contributed by atoms with Gasteiger partial charge in [0.15, 0.2) is 0 Å². The maximum absolute atomic E-state index is 14.2. The molecule has 82 heavy (non-hydrogen) atoms. The van der Waals surface area contributed by atoms with Gasteiger partial charge in [-0.1, -0.05) is 103 Å². The minimum absolute atomic E-state index is 0.691. The summed E-state index contributed by atoms with van der Waals surface area (Å²) in [7, 11) is -1.06. The lowest BCUT2D eigenvalue weighted by Gasteiger charge is -2.46. The number of halogens is 24. The Morgan fingerprint density at radius 3 is 0.488 bits per heavy atom. The van der Waals surface area contributed by atoms with Gasteiger partial charge in [0, 0.05) is 0 Å². The Morgan fingerprint density at radius 2 is 0.366 bits per heavy atom. The van der Waals surface area contributed by atoms with Gasteiger partial charge < -0.3 is 0 Å². The van der Waals surface area contributed by atoms with Crippen LogP contribution >= 0.6 is 7.92 Å². The van der Waals surface area contributed by atoms with Crippen LogP contribution in [0.2, 0.25) is 0 Å². The molecule has 0 aliphatic heterocycles. The lowest BCUT2D eigenvalue weighted by atomic mass is 9.12. The van der Waals surface area contributed by atoms with Crippen molar-refractivity contribution in [3.8, 4) is 0 Å². The second kappa shape index (κ2) is 22.2. The molecule has 0 heterocycles. The zero-order chi connectivity index (χ0) is 62.1. The van der Waals surface area contributed by atoms with Crippen LogP contribution in [0, 0.1) is 41.5 Å². The van der Waals surface area contributed by atoms with Gasteiger partial charge in [-0.25, -0.2) is 0 Å². The molecule has 0 aromatic heterocycles. The van der Waals surface area contributed by atoms with Crippen molar-refractivity contribution in [1.82, 2.24) is 0 Å². The molecule has 0 amide bonds. The average Bonchev–Trinajstić information content (AvgIpc) is 3.49. The van der Waals surface area contributed by atoms with Crippen LogP contribution in [-0.4, -0.2) is 6.15 Å². The Morgan fingerprint density at radius 1 is 0.232 bits per heavy atom. The molecule has 0 atom stereocenters. The van der Waals surface area contributed by atoms with Gasteiger partial charge >= 0.3 is 49.4 Å². The first-order valence-electron chi connectivity index (χ1n) is 23.6. The minimum atomic E-state index is -6.13. The summed E-state index contributed by atoms with van der Waals surface area (Å²) >= 11 is 0. The van der Waals surface area contributed by atoms with Crippen LogP contribution < -0.4 is 37.8 Å². The van der Waals surface area contributed by atoms with Crippen molar-refractivity contribution in [2.24, 2.45) is 0 Å². The number of alkyl halides is 24. The van der Waals surface area contributed by atoms with Crippen molar-refractivity contribution >= 4 is 51.8 Å². The Balaban J connectivity index is 0.000000357. The molecule has 0 N–H and O–H groups in total. The van der Waals surface area contributed by atoms with Crippen LogP contribution in [-0.2, 0) is 49.4 Å². The van der Waals surface area contributed by atoms with Crippen LogP contribution in [0.15, 0.2) is 127 Å². The molecule has 0 saturated heterocycles. The molecule has 7 aromatic carbocycles. The van der Waals surface area contributed by atoms with E-state index in [2.05, 4.69) is 96.1 Å². The number of rotatable bonds is 7. The number of hydrogen-bond acceptors (Lipinski definition) is 0. The molecule has 0 aliphatic carbocycles. The van der Waals surface area contributed by atoms with E-state index in [1.807, 2.05) is 0 Å². The molecular formula is C56H40BF24P. The molecule has 7 aromatic rings. The van der Waals surface area contributed by atoms with E-state index in [1.54, 1.807) is 15.9 Å². The Kier molecular flexibility index (Phi) is 17.4. The standard InChI is InChI=1S/C32H12BF24.C24H27P/c34-25(35,36)13-1-14(26(37,38)39)6-21(5-13)33(22-7-15(27(40,41)42)2-16(8-22)28(43,44)45,23-9-17(29(46,47)48)3-18(10-23)30(49,50)51)24-11-19(31(52,53)54)4-20(12-24)32(55,56)57;1-16-10-7-11-17(2)22(16)25(23-18(3)12-8-13-19(23)4)24-20(5)14-9-15-21(24)6/h1-12H;7-15H,1-6H3/q-1;/p+1. The minimum Gasteiger partial charge on any atom is -0.194 e. The van der Waals surface area contributed by atoms with E-state index in [0.717, 1.165) is 0 Å². The van der Waals surface area contributed by atoms with Crippen LogP contribution in [0.1, 0.15) is 77.9 Å². The van der Waals surface area contributed by atoms with Gasteiger partial charge in [0.25, 0.3) is 0 Å². The maximum atomic E-state index is 14.2. The normalized spacial score (nSPS) is 13.4. The van der Waals surface area contributed by atoms with Gasteiger partial charge in [-0.2, -0.15) is 127 Å². The predicted octanol–water partition coefficient (Wildman–Crippen LogP) is 16.2. The molecule has 0 unspecified atom stereocenters. The average molecular weight is 1210 g/mol. The van der Waals surface area contributed by atoms with Crippen molar-refractivity contribution in [3.63, 3.8) is 0 Å². The SMILES string of the molecule is Cc1cccc(C)c1[PH+](c1c(C)cccc1C)c1c(C)cccc1C.FC(F)(F)c1cc([B-](c2cc(C(F)(F)F)cc(C(F)(F)F)c2)(c2cc(C(F)(F)F)cc(C(F)(F)F)c2)c2cc(C(F)(F)F)cc(C(F)(F)F)c2)cc(C(F)(F)F)c1. The lowest BCUT2D eigenvalue weighted by molar-refractivity contribution is -0.144. The van der Waals surface area contributed by atoms with Gasteiger partial charge in [0.1, 0.15) is 30.0 Å². The highest BCUT2D eigenvalue weighted by atomic mass is 31.1. The first-order chi connectivity index (χ1) is 37.2. The maximum Gasteiger partial charge on any atom is 0.416 e. The van der Waals surface area contributed by atoms with Crippen molar-refractivity contribution in [1.29, 1.82) is 0 Å². The highest BCUT2D eigenvalue weighted by Crippen LogP contribution is 2.43. The van der Waals surface area contributed by atoms with E-state index < -0.39 is 203 Å². The van der Waals surface area contributed by atoms with Crippen molar-refractivity contribution in [2.75, 3.05) is 0 Å². The van der Waals surface area contributed by atoms with E-state index >= 15 is 0 Å². The second-order valence-corrected chi connectivity index (χ2v) is 21.6. The summed E-state index contributed by atoms with van der Waals surface area (Å²) in [6, 6.07) is 11.4. The van der Waals surface area contributed by atoms with E-state index in [1.165, 1.54) is 33.4 Å². The lowest BCUT2D eigenvalue weighted by Crippen LogP contribution is -2.75. The Bertz CT molecular complexity index is 2880. The first kappa shape index (κ1) is 64.5. The third kappa shape index (κ3) is 13.7. The van der Waals surface area contributed by atoms with Crippen LogP contribution in [0.25, 0.3) is 0 Å². The van der Waals surface area contributed by atoms with Crippen molar-refractivity contribution in [3.05, 3.63) is 205 Å². The summed E-state index contributed by atoms with van der Waals surface area (Å²) in [6.07, 6.45) is -54.8. The largest absolute Gasteiger partial charge is 0.416 e. The van der Waals surface area contributed by atoms with Crippen molar-refractivity contribution in [2.45, 2.75) is 91.0 Å². The molecular weight excluding hydrogens is 1170 g/mol. The molecule has 26 heteroatoms. The van der Waals surface area contributed by atoms with Gasteiger partial charge in [-0.05, 0) is 99.2 Å². The highest BCUT2D eigenvalue weighted by molar-refractivity contribution is 7.80. The van der Waals surface area contributed by atoms with Gasteiger partial charge in [0.2, 0.25) is 0 Å². The van der Waals surface area contributed by atoms with Gasteiger partial charge in [0.05, 0.1) is 44.5 Å². The molecule has 0 spiro atoms. The van der Waals surface area contributed by atoms with Gasteiger partial charge in [-0.3, -0.25) is 0 Å². The van der Waals surface area contributed by atoms with Crippen LogP contribution in [0.5, 0.6) is 0 Å². The van der Waals surface area contributed by atoms with Crippen LogP contribution in [0.4, 0.5) is 105 Å². The summed E-state index contributed by atoms with van der Waals surface area (Å²) in [5, 5.41) is 4.67. The zero-order valence-corrected chi connectivity index (χ0v) is 43.8. The third-order valence-electron chi connectivity index (χ3n) is 13.6. The van der Waals surface area contributed by atoms with Crippen molar-refractivity contribution < 1.29 is 105 Å². The summed E-state index contributed by atoms with van der Waals surface area (Å²) in [5.41, 5.74) is -21.7. The van der Waals surface area contributed by atoms with Gasteiger partial charge in [-0.15, -0.1) is 0 Å². The topological polar surface area (TPSA) is 0 Å². The summed E-state index contributed by atoms with van der Waals surface area (Å²) in [6.45, 7) is 13.6. The molecule has 0 aliphatic rings. The predicted molar refractivity (Wildman–Crippen MR) is 265 cm³/mol. The summed E-state index contributed by atoms with van der Waals surface area (Å²) < 4.78 is 341. The fourth-order valence-corrected chi connectivity index (χ4v) is 13.7. The first-order valence-corrected chi connectivity index (χ1v) is 25.1. The summed E-state index contributed by atoms with van der Waals surface area (Å²) in [4.78, 5) is 0. The molecule has 0 nitrogen and oxygen atoms in total. The smallest absolute Gasteiger partial charge is 0.194 e. The van der Waals surface area contributed by atoms with E-state index in [9.17, 15) is 105 Å². The number of hydrogen-bond donors (Lipinski definition) is 0. The molecule has 440 valence electrons.